The van der Waals surface area contributed by atoms with E-state index >= 15 is 0 Å². The molecule has 0 spiro atoms. The van der Waals surface area contributed by atoms with Gasteiger partial charge in [-0.05, 0) is 11.6 Å². The minimum absolute atomic E-state index is 0.191. The largest absolute Gasteiger partial charge is 0.394 e. The van der Waals surface area contributed by atoms with Crippen molar-refractivity contribution < 1.29 is 10.2 Å². The van der Waals surface area contributed by atoms with Gasteiger partial charge in [-0.25, -0.2) is 9.78 Å². The van der Waals surface area contributed by atoms with E-state index in [-0.39, 0.29) is 30.1 Å². The van der Waals surface area contributed by atoms with E-state index in [1.54, 1.807) is 17.7 Å². The molecule has 0 aliphatic carbocycles. The lowest BCUT2D eigenvalue weighted by atomic mass is 10.2. The van der Waals surface area contributed by atoms with Crippen molar-refractivity contribution in [3.8, 4) is 0 Å². The van der Waals surface area contributed by atoms with Crippen LogP contribution >= 0.6 is 23.4 Å². The molecule has 0 amide bonds. The number of hydrogen-bond acceptors (Lipinski definition) is 6. The lowest BCUT2D eigenvalue weighted by molar-refractivity contribution is 0.113. The number of aryl methyl sites for hydroxylation is 1. The molecule has 8 nitrogen and oxygen atoms in total. The number of imidazole rings is 1. The predicted molar refractivity (Wildman–Crippen MR) is 105 cm³/mol. The van der Waals surface area contributed by atoms with Gasteiger partial charge in [0.1, 0.15) is 0 Å². The summed E-state index contributed by atoms with van der Waals surface area (Å²) in [7, 11) is 2.97. The van der Waals surface area contributed by atoms with Crippen LogP contribution in [0, 0.1) is 0 Å². The Morgan fingerprint density at radius 2 is 1.93 bits per heavy atom. The highest BCUT2D eigenvalue weighted by Crippen LogP contribution is 2.25. The van der Waals surface area contributed by atoms with E-state index in [9.17, 15) is 14.7 Å². The summed E-state index contributed by atoms with van der Waals surface area (Å²) < 4.78 is 4.03. The summed E-state index contributed by atoms with van der Waals surface area (Å²) in [5.41, 5.74) is 0.402. The monoisotopic (exact) mass is 410 g/mol. The smallest absolute Gasteiger partial charge is 0.332 e. The second kappa shape index (κ2) is 7.89. The molecule has 2 heterocycles. The molecular formula is C17H19ClN4O4S. The van der Waals surface area contributed by atoms with Crippen LogP contribution in [0.15, 0.2) is 39.0 Å². The number of aliphatic hydroxyl groups excluding tert-OH is 2. The summed E-state index contributed by atoms with van der Waals surface area (Å²) >= 11 is 7.46. The average Bonchev–Trinajstić information content (AvgIpc) is 3.03. The fourth-order valence-electron chi connectivity index (χ4n) is 2.70. The van der Waals surface area contributed by atoms with Crippen molar-refractivity contribution >= 4 is 34.5 Å². The Labute approximate surface area is 163 Å². The SMILES string of the molecule is Cn1c(=O)c2c(nc(SC[C@H](O)CO)n2Cc2ccccc2Cl)n(C)c1=O. The normalized spacial score (nSPS) is 12.6. The molecule has 3 rings (SSSR count). The van der Waals surface area contributed by atoms with E-state index < -0.39 is 17.4 Å². The van der Waals surface area contributed by atoms with Gasteiger partial charge in [-0.2, -0.15) is 0 Å². The van der Waals surface area contributed by atoms with Gasteiger partial charge in [0.05, 0.1) is 19.3 Å². The number of rotatable bonds is 6. The van der Waals surface area contributed by atoms with Gasteiger partial charge in [0.25, 0.3) is 5.56 Å². The maximum atomic E-state index is 12.8. The van der Waals surface area contributed by atoms with Crippen molar-refractivity contribution in [1.29, 1.82) is 0 Å². The van der Waals surface area contributed by atoms with Crippen molar-refractivity contribution in [1.82, 2.24) is 18.7 Å². The first kappa shape index (κ1) is 19.7. The molecule has 0 aliphatic heterocycles. The second-order valence-corrected chi connectivity index (χ2v) is 7.49. The summed E-state index contributed by atoms with van der Waals surface area (Å²) in [5.74, 6) is 0.191. The fraction of sp³-hybridized carbons (Fsp3) is 0.353. The standard InChI is InChI=1S/C17H19ClN4O4S/c1-20-14-13(15(25)21(2)17(20)26)22(7-10-5-3-4-6-12(10)18)16(19-14)27-9-11(24)8-23/h3-6,11,23-24H,7-9H2,1-2H3/t11-/m1/s1. The minimum Gasteiger partial charge on any atom is -0.394 e. The highest BCUT2D eigenvalue weighted by Gasteiger charge is 2.20. The van der Waals surface area contributed by atoms with E-state index in [4.69, 9.17) is 16.7 Å². The first-order valence-electron chi connectivity index (χ1n) is 8.16. The number of aliphatic hydroxyl groups is 2. The molecule has 10 heteroatoms. The third-order valence-corrected chi connectivity index (χ3v) is 5.70. The molecule has 2 N–H and O–H groups in total. The van der Waals surface area contributed by atoms with Crippen LogP contribution < -0.4 is 11.2 Å². The fourth-order valence-corrected chi connectivity index (χ4v) is 3.81. The summed E-state index contributed by atoms with van der Waals surface area (Å²) in [6.45, 7) is -0.0981. The molecule has 0 bridgehead atoms. The van der Waals surface area contributed by atoms with Crippen LogP contribution in [0.1, 0.15) is 5.56 Å². The topological polar surface area (TPSA) is 102 Å². The minimum atomic E-state index is -0.921. The van der Waals surface area contributed by atoms with Gasteiger partial charge in [-0.15, -0.1) is 0 Å². The van der Waals surface area contributed by atoms with Crippen LogP contribution in [-0.2, 0) is 20.6 Å². The Bertz CT molecular complexity index is 1100. The Morgan fingerprint density at radius 3 is 2.59 bits per heavy atom. The van der Waals surface area contributed by atoms with E-state index in [2.05, 4.69) is 4.98 Å². The van der Waals surface area contributed by atoms with Gasteiger partial charge in [0, 0.05) is 24.9 Å². The first-order chi connectivity index (χ1) is 12.8. The van der Waals surface area contributed by atoms with Crippen LogP contribution in [0.2, 0.25) is 5.02 Å². The molecule has 0 aliphatic rings. The van der Waals surface area contributed by atoms with Gasteiger partial charge < -0.3 is 14.8 Å². The van der Waals surface area contributed by atoms with Gasteiger partial charge in [0.2, 0.25) is 0 Å². The Morgan fingerprint density at radius 1 is 1.22 bits per heavy atom. The number of aromatic nitrogens is 4. The lowest BCUT2D eigenvalue weighted by Crippen LogP contribution is -2.37. The number of hydrogen-bond donors (Lipinski definition) is 2. The number of benzene rings is 1. The highest BCUT2D eigenvalue weighted by molar-refractivity contribution is 7.99. The Hall–Kier alpha value is -2.07. The van der Waals surface area contributed by atoms with Crippen LogP contribution in [0.4, 0.5) is 0 Å². The molecule has 1 aromatic carbocycles. The van der Waals surface area contributed by atoms with Crippen LogP contribution in [0.3, 0.4) is 0 Å². The Kier molecular flexibility index (Phi) is 5.75. The zero-order valence-electron chi connectivity index (χ0n) is 14.8. The molecule has 27 heavy (non-hydrogen) atoms. The van der Waals surface area contributed by atoms with E-state index in [1.807, 2.05) is 18.2 Å². The molecule has 0 radical (unpaired) electrons. The van der Waals surface area contributed by atoms with E-state index in [1.165, 1.54) is 23.4 Å². The quantitative estimate of drug-likeness (QED) is 0.576. The third-order valence-electron chi connectivity index (χ3n) is 4.21. The summed E-state index contributed by atoms with van der Waals surface area (Å²) in [6, 6.07) is 7.26. The number of halogens is 1. The molecule has 0 saturated carbocycles. The molecule has 0 fully saturated rings. The zero-order valence-corrected chi connectivity index (χ0v) is 16.4. The van der Waals surface area contributed by atoms with Crippen molar-refractivity contribution in [2.45, 2.75) is 17.8 Å². The van der Waals surface area contributed by atoms with Gasteiger partial charge in [0.15, 0.2) is 16.3 Å². The maximum absolute atomic E-state index is 12.8. The maximum Gasteiger partial charge on any atom is 0.332 e. The van der Waals surface area contributed by atoms with Crippen molar-refractivity contribution in [2.24, 2.45) is 14.1 Å². The molecule has 1 atom stereocenters. The summed E-state index contributed by atoms with van der Waals surface area (Å²) in [6.07, 6.45) is -0.921. The molecule has 0 saturated heterocycles. The number of thioether (sulfide) groups is 1. The van der Waals surface area contributed by atoms with Crippen LogP contribution in [-0.4, -0.2) is 47.4 Å². The lowest BCUT2D eigenvalue weighted by Gasteiger charge is -2.11. The molecule has 3 aromatic rings. The third kappa shape index (κ3) is 3.68. The molecule has 0 unspecified atom stereocenters. The van der Waals surface area contributed by atoms with E-state index in [0.717, 1.165) is 10.1 Å². The van der Waals surface area contributed by atoms with Crippen LogP contribution in [0.5, 0.6) is 0 Å². The summed E-state index contributed by atoms with van der Waals surface area (Å²) in [5, 5.41) is 19.7. The molecule has 144 valence electrons. The second-order valence-electron chi connectivity index (χ2n) is 6.10. The van der Waals surface area contributed by atoms with E-state index in [0.29, 0.717) is 10.2 Å². The average molecular weight is 411 g/mol. The van der Waals surface area contributed by atoms with Crippen molar-refractivity contribution in [3.05, 3.63) is 55.7 Å². The van der Waals surface area contributed by atoms with Crippen LogP contribution in [0.25, 0.3) is 11.2 Å². The van der Waals surface area contributed by atoms with Gasteiger partial charge in [-0.1, -0.05) is 41.6 Å². The summed E-state index contributed by atoms with van der Waals surface area (Å²) in [4.78, 5) is 29.4. The zero-order chi connectivity index (χ0) is 19.7. The molecular weight excluding hydrogens is 392 g/mol. The predicted octanol–water partition coefficient (Wildman–Crippen LogP) is 0.581. The van der Waals surface area contributed by atoms with Gasteiger partial charge >= 0.3 is 5.69 Å². The first-order valence-corrected chi connectivity index (χ1v) is 9.52. The number of fused-ring (bicyclic) bond motifs is 1. The van der Waals surface area contributed by atoms with Crippen molar-refractivity contribution in [2.75, 3.05) is 12.4 Å². The highest BCUT2D eigenvalue weighted by atomic mass is 35.5. The molecule has 2 aromatic heterocycles. The number of nitrogens with zero attached hydrogens (tertiary/aromatic N) is 4. The van der Waals surface area contributed by atoms with Gasteiger partial charge in [-0.3, -0.25) is 13.9 Å². The Balaban J connectivity index is 2.22. The van der Waals surface area contributed by atoms with Crippen molar-refractivity contribution in [3.63, 3.8) is 0 Å².